The summed E-state index contributed by atoms with van der Waals surface area (Å²) in [5.41, 5.74) is -0.502. The van der Waals surface area contributed by atoms with Gasteiger partial charge in [0.15, 0.2) is 0 Å². The van der Waals surface area contributed by atoms with Crippen LogP contribution >= 0.6 is 0 Å². The molecular weight excluding hydrogens is 270 g/mol. The van der Waals surface area contributed by atoms with Crippen LogP contribution in [0.4, 0.5) is 5.69 Å². The van der Waals surface area contributed by atoms with Gasteiger partial charge in [-0.15, -0.1) is 0 Å². The molecule has 0 aromatic heterocycles. The molecule has 21 heavy (non-hydrogen) atoms. The van der Waals surface area contributed by atoms with E-state index in [0.717, 1.165) is 12.8 Å². The van der Waals surface area contributed by atoms with Gasteiger partial charge in [-0.05, 0) is 38.7 Å². The number of nitro groups is 1. The van der Waals surface area contributed by atoms with Crippen LogP contribution in [0.2, 0.25) is 0 Å². The molecule has 6 nitrogen and oxygen atoms in total. The predicted molar refractivity (Wildman–Crippen MR) is 78.0 cm³/mol. The molecule has 6 heteroatoms. The van der Waals surface area contributed by atoms with Gasteiger partial charge in [0.1, 0.15) is 11.3 Å². The summed E-state index contributed by atoms with van der Waals surface area (Å²) in [5, 5.41) is 23.2. The highest BCUT2D eigenvalue weighted by Crippen LogP contribution is 2.25. The Hall–Kier alpha value is -2.13. The zero-order chi connectivity index (χ0) is 15.3. The number of nitrogens with one attached hydrogen (secondary N) is 1. The first-order valence-corrected chi connectivity index (χ1v) is 7.09. The maximum Gasteiger partial charge on any atom is 0.273 e. The monoisotopic (exact) mass is 289 g/mol. The van der Waals surface area contributed by atoms with Crippen molar-refractivity contribution >= 4 is 5.69 Å². The van der Waals surface area contributed by atoms with Crippen molar-refractivity contribution in [1.82, 2.24) is 5.32 Å². The van der Waals surface area contributed by atoms with E-state index in [9.17, 15) is 15.4 Å². The maximum absolute atomic E-state index is 10.7. The SMILES string of the molecule is CC(C#N)(CCCOc1cccc([N+](=O)[O-])c1)NC1CC1. The van der Waals surface area contributed by atoms with Gasteiger partial charge in [0.05, 0.1) is 23.7 Å². The molecule has 0 heterocycles. The number of hydrogen-bond donors (Lipinski definition) is 1. The first-order valence-electron chi connectivity index (χ1n) is 7.09. The molecule has 1 saturated carbocycles. The molecule has 0 radical (unpaired) electrons. The Morgan fingerprint density at radius 3 is 2.95 bits per heavy atom. The minimum Gasteiger partial charge on any atom is -0.493 e. The van der Waals surface area contributed by atoms with E-state index in [0.29, 0.717) is 31.2 Å². The van der Waals surface area contributed by atoms with Crippen LogP contribution in [0.15, 0.2) is 24.3 Å². The Labute approximate surface area is 123 Å². The Bertz CT molecular complexity index is 551. The minimum atomic E-state index is -0.521. The van der Waals surface area contributed by atoms with Crippen molar-refractivity contribution in [3.63, 3.8) is 0 Å². The molecule has 1 aromatic rings. The van der Waals surface area contributed by atoms with Crippen LogP contribution < -0.4 is 10.1 Å². The van der Waals surface area contributed by atoms with Gasteiger partial charge in [0.2, 0.25) is 0 Å². The van der Waals surface area contributed by atoms with Gasteiger partial charge in [0, 0.05) is 12.1 Å². The Morgan fingerprint density at radius 2 is 2.33 bits per heavy atom. The predicted octanol–water partition coefficient (Wildman–Crippen LogP) is 2.79. The molecule has 1 N–H and O–H groups in total. The van der Waals surface area contributed by atoms with Crippen molar-refractivity contribution < 1.29 is 9.66 Å². The first kappa shape index (κ1) is 15.3. The zero-order valence-electron chi connectivity index (χ0n) is 12.0. The number of nitro benzene ring substituents is 1. The van der Waals surface area contributed by atoms with Gasteiger partial charge >= 0.3 is 0 Å². The second kappa shape index (κ2) is 6.55. The van der Waals surface area contributed by atoms with Gasteiger partial charge < -0.3 is 4.74 Å². The van der Waals surface area contributed by atoms with Crippen molar-refractivity contribution in [2.45, 2.75) is 44.2 Å². The fourth-order valence-electron chi connectivity index (χ4n) is 2.14. The average Bonchev–Trinajstić information content (AvgIpc) is 3.28. The number of non-ortho nitro benzene ring substituents is 1. The standard InChI is InChI=1S/C15H19N3O3/c1-15(11-16,17-12-6-7-12)8-3-9-21-14-5-2-4-13(10-14)18(19)20/h2,4-5,10,12,17H,3,6-9H2,1H3. The van der Waals surface area contributed by atoms with Gasteiger partial charge in [-0.1, -0.05) is 6.07 Å². The first-order chi connectivity index (χ1) is 10.0. The van der Waals surface area contributed by atoms with Crippen molar-refractivity contribution in [3.8, 4) is 11.8 Å². The summed E-state index contributed by atoms with van der Waals surface area (Å²) in [7, 11) is 0. The fraction of sp³-hybridized carbons (Fsp3) is 0.533. The summed E-state index contributed by atoms with van der Waals surface area (Å²) in [6.07, 6.45) is 3.68. The maximum atomic E-state index is 10.7. The largest absolute Gasteiger partial charge is 0.493 e. The molecule has 2 rings (SSSR count). The Balaban J connectivity index is 1.77. The van der Waals surface area contributed by atoms with Gasteiger partial charge in [-0.3, -0.25) is 15.4 Å². The highest BCUT2D eigenvalue weighted by Gasteiger charge is 2.31. The number of nitriles is 1. The van der Waals surface area contributed by atoms with E-state index in [2.05, 4.69) is 11.4 Å². The molecular formula is C15H19N3O3. The van der Waals surface area contributed by atoms with E-state index >= 15 is 0 Å². The number of ether oxygens (including phenoxy) is 1. The van der Waals surface area contributed by atoms with Crippen LogP contribution in [0.1, 0.15) is 32.6 Å². The van der Waals surface area contributed by atoms with Gasteiger partial charge in [0.25, 0.3) is 5.69 Å². The lowest BCUT2D eigenvalue weighted by Gasteiger charge is -2.23. The molecule has 1 unspecified atom stereocenters. The fourth-order valence-corrected chi connectivity index (χ4v) is 2.14. The average molecular weight is 289 g/mol. The Morgan fingerprint density at radius 1 is 1.57 bits per heavy atom. The normalized spacial score (nSPS) is 16.8. The van der Waals surface area contributed by atoms with E-state index in [4.69, 9.17) is 4.74 Å². The molecule has 1 aliphatic rings. The van der Waals surface area contributed by atoms with E-state index < -0.39 is 10.5 Å². The summed E-state index contributed by atoms with van der Waals surface area (Å²) < 4.78 is 5.52. The second-order valence-electron chi connectivity index (χ2n) is 5.57. The van der Waals surface area contributed by atoms with E-state index in [1.807, 2.05) is 6.92 Å². The molecule has 1 aliphatic carbocycles. The molecule has 112 valence electrons. The molecule has 0 saturated heterocycles. The third kappa shape index (κ3) is 4.72. The minimum absolute atomic E-state index is 0.0183. The van der Waals surface area contributed by atoms with Crippen LogP contribution in [0, 0.1) is 21.4 Å². The van der Waals surface area contributed by atoms with Crippen molar-refractivity contribution in [2.24, 2.45) is 0 Å². The van der Waals surface area contributed by atoms with Crippen molar-refractivity contribution in [2.75, 3.05) is 6.61 Å². The highest BCUT2D eigenvalue weighted by molar-refractivity contribution is 5.37. The van der Waals surface area contributed by atoms with Crippen LogP contribution in [0.25, 0.3) is 0 Å². The highest BCUT2D eigenvalue weighted by atomic mass is 16.6. The second-order valence-corrected chi connectivity index (χ2v) is 5.57. The molecule has 1 fully saturated rings. The van der Waals surface area contributed by atoms with Crippen LogP contribution in [-0.4, -0.2) is 23.1 Å². The van der Waals surface area contributed by atoms with E-state index in [1.54, 1.807) is 12.1 Å². The van der Waals surface area contributed by atoms with Gasteiger partial charge in [-0.25, -0.2) is 0 Å². The summed E-state index contributed by atoms with van der Waals surface area (Å²) in [5.74, 6) is 0.484. The Kier molecular flexibility index (Phi) is 4.76. The molecule has 1 atom stereocenters. The smallest absolute Gasteiger partial charge is 0.273 e. The molecule has 0 aliphatic heterocycles. The number of benzene rings is 1. The summed E-state index contributed by atoms with van der Waals surface area (Å²) in [4.78, 5) is 10.2. The van der Waals surface area contributed by atoms with Crippen LogP contribution in [-0.2, 0) is 0 Å². The number of hydrogen-bond acceptors (Lipinski definition) is 5. The lowest BCUT2D eigenvalue weighted by molar-refractivity contribution is -0.384. The van der Waals surface area contributed by atoms with Crippen LogP contribution in [0.3, 0.4) is 0 Å². The topological polar surface area (TPSA) is 88.2 Å². The van der Waals surface area contributed by atoms with E-state index in [1.165, 1.54) is 12.1 Å². The third-order valence-corrected chi connectivity index (χ3v) is 3.47. The lowest BCUT2D eigenvalue weighted by atomic mass is 9.98. The van der Waals surface area contributed by atoms with Gasteiger partial charge in [-0.2, -0.15) is 5.26 Å². The summed E-state index contributed by atoms with van der Waals surface area (Å²) >= 11 is 0. The van der Waals surface area contributed by atoms with Crippen LogP contribution in [0.5, 0.6) is 5.75 Å². The summed E-state index contributed by atoms with van der Waals surface area (Å²) in [6.45, 7) is 2.34. The molecule has 1 aromatic carbocycles. The lowest BCUT2D eigenvalue weighted by Crippen LogP contribution is -2.42. The molecule has 0 spiro atoms. The van der Waals surface area contributed by atoms with Crippen molar-refractivity contribution in [3.05, 3.63) is 34.4 Å². The van der Waals surface area contributed by atoms with Crippen molar-refractivity contribution in [1.29, 1.82) is 5.26 Å². The number of nitrogens with zero attached hydrogens (tertiary/aromatic N) is 2. The quantitative estimate of drug-likeness (QED) is 0.451. The summed E-state index contributed by atoms with van der Waals surface area (Å²) in [6, 6.07) is 8.93. The zero-order valence-corrected chi connectivity index (χ0v) is 12.0. The molecule has 0 bridgehead atoms. The van der Waals surface area contributed by atoms with E-state index in [-0.39, 0.29) is 5.69 Å². The molecule has 0 amide bonds. The third-order valence-electron chi connectivity index (χ3n) is 3.47. The number of rotatable bonds is 8.